The van der Waals surface area contributed by atoms with Gasteiger partial charge < -0.3 is 10.2 Å². The lowest BCUT2D eigenvalue weighted by Crippen LogP contribution is -2.29. The van der Waals surface area contributed by atoms with Gasteiger partial charge in [0.05, 0.1) is 56.1 Å². The van der Waals surface area contributed by atoms with Gasteiger partial charge in [0, 0.05) is 16.7 Å². The Morgan fingerprint density at radius 3 is 1.31 bits per heavy atom. The summed E-state index contributed by atoms with van der Waals surface area (Å²) in [5, 5.41) is 18.8. The molecule has 8 rings (SSSR count). The summed E-state index contributed by atoms with van der Waals surface area (Å²) in [7, 11) is 0. The van der Waals surface area contributed by atoms with Crippen LogP contribution < -0.4 is 9.80 Å². The van der Waals surface area contributed by atoms with Crippen LogP contribution in [-0.2, 0) is 0 Å². The van der Waals surface area contributed by atoms with Gasteiger partial charge in [-0.15, -0.1) is 0 Å². The first kappa shape index (κ1) is 31.7. The van der Waals surface area contributed by atoms with Gasteiger partial charge in [0.2, 0.25) is 0 Å². The van der Waals surface area contributed by atoms with E-state index in [1.165, 1.54) is 36.4 Å². The van der Waals surface area contributed by atoms with Crippen molar-refractivity contribution in [1.82, 2.24) is 9.97 Å². The molecule has 0 bridgehead atoms. The Bertz CT molecular complexity index is 2430. The molecule has 5 aromatic carbocycles. The monoisotopic (exact) mass is 686 g/mol. The number of anilines is 2. The lowest BCUT2D eigenvalue weighted by molar-refractivity contribution is 0.0686. The molecule has 250 valence electrons. The number of rotatable bonds is 7. The Hall–Kier alpha value is -7.60. The second-order valence-corrected chi connectivity index (χ2v) is 12.0. The minimum Gasteiger partial charge on any atom is -0.478 e. The van der Waals surface area contributed by atoms with Gasteiger partial charge in [0.25, 0.3) is 23.6 Å². The fraction of sp³-hybridized carbons (Fsp3) is 0. The van der Waals surface area contributed by atoms with Crippen molar-refractivity contribution in [3.8, 4) is 33.9 Å². The number of imide groups is 2. The Morgan fingerprint density at radius 2 is 0.865 bits per heavy atom. The molecule has 0 spiro atoms. The highest BCUT2D eigenvalue weighted by molar-refractivity contribution is 6.35. The van der Waals surface area contributed by atoms with Crippen LogP contribution in [0.1, 0.15) is 62.1 Å². The van der Waals surface area contributed by atoms with Crippen molar-refractivity contribution in [2.45, 2.75) is 0 Å². The van der Waals surface area contributed by atoms with Gasteiger partial charge in [0.1, 0.15) is 0 Å². The molecule has 6 aromatic rings. The van der Waals surface area contributed by atoms with Crippen molar-refractivity contribution in [1.29, 1.82) is 0 Å². The molecule has 1 aromatic heterocycles. The van der Waals surface area contributed by atoms with Crippen LogP contribution in [0, 0.1) is 0 Å². The zero-order valence-electron chi connectivity index (χ0n) is 26.7. The van der Waals surface area contributed by atoms with Crippen LogP contribution in [0.4, 0.5) is 11.4 Å². The minimum absolute atomic E-state index is 0.00809. The number of carbonyl (C=O) groups is 6. The van der Waals surface area contributed by atoms with E-state index in [0.29, 0.717) is 33.9 Å². The van der Waals surface area contributed by atoms with E-state index in [1.807, 2.05) is 30.3 Å². The number of fused-ring (bicyclic) bond motifs is 2. The van der Waals surface area contributed by atoms with Crippen molar-refractivity contribution in [2.24, 2.45) is 0 Å². The third-order valence-corrected chi connectivity index (χ3v) is 8.83. The van der Waals surface area contributed by atoms with Gasteiger partial charge in [-0.1, -0.05) is 54.6 Å². The first-order valence-corrected chi connectivity index (χ1v) is 15.8. The summed E-state index contributed by atoms with van der Waals surface area (Å²) in [6.07, 6.45) is 0. The summed E-state index contributed by atoms with van der Waals surface area (Å²) in [5.41, 5.74) is 3.08. The topological polar surface area (TPSA) is 175 Å². The van der Waals surface area contributed by atoms with E-state index in [2.05, 4.69) is 0 Å². The molecule has 0 saturated carbocycles. The van der Waals surface area contributed by atoms with Crippen LogP contribution in [0.2, 0.25) is 0 Å². The standard InChI is InChI=1S/C40H22N4O8/c45-35-28-14-12-24(39(49)50)18-30(28)37(47)43(35)26-10-4-8-22(16-26)32-20-33(42-34(41-32)21-6-2-1-3-7-21)23-9-5-11-27(17-23)44-36(46)29-15-13-25(40(51)52)19-31(29)38(44)48/h1-20H,(H,49,50)(H,51,52). The average Bonchev–Trinajstić information content (AvgIpc) is 3.57. The number of aromatic nitrogens is 2. The fourth-order valence-electron chi connectivity index (χ4n) is 6.28. The van der Waals surface area contributed by atoms with Crippen molar-refractivity contribution in [3.63, 3.8) is 0 Å². The molecular formula is C40H22N4O8. The zero-order chi connectivity index (χ0) is 36.3. The first-order chi connectivity index (χ1) is 25.1. The Kier molecular flexibility index (Phi) is 7.35. The predicted molar refractivity (Wildman–Crippen MR) is 187 cm³/mol. The molecule has 3 heterocycles. The van der Waals surface area contributed by atoms with E-state index in [0.717, 1.165) is 9.80 Å². The van der Waals surface area contributed by atoms with E-state index < -0.39 is 35.6 Å². The van der Waals surface area contributed by atoms with E-state index >= 15 is 0 Å². The summed E-state index contributed by atoms with van der Waals surface area (Å²) in [6, 6.07) is 31.8. The number of carboxylic acids is 2. The van der Waals surface area contributed by atoms with Gasteiger partial charge >= 0.3 is 11.9 Å². The van der Waals surface area contributed by atoms with Crippen molar-refractivity contribution < 1.29 is 39.0 Å². The highest BCUT2D eigenvalue weighted by Gasteiger charge is 2.38. The number of carboxylic acid groups (broad SMARTS) is 2. The zero-order valence-corrected chi connectivity index (χ0v) is 26.7. The molecule has 2 aliphatic rings. The number of hydrogen-bond acceptors (Lipinski definition) is 8. The normalized spacial score (nSPS) is 13.4. The maximum absolute atomic E-state index is 13.4. The summed E-state index contributed by atoms with van der Waals surface area (Å²) in [4.78, 5) is 88.3. The molecule has 4 amide bonds. The quantitative estimate of drug-likeness (QED) is 0.177. The Morgan fingerprint density at radius 1 is 0.442 bits per heavy atom. The summed E-state index contributed by atoms with van der Waals surface area (Å²) < 4.78 is 0. The van der Waals surface area contributed by atoms with Gasteiger partial charge in [-0.25, -0.2) is 29.4 Å². The molecule has 0 radical (unpaired) electrons. The van der Waals surface area contributed by atoms with E-state index in [-0.39, 0.29) is 44.8 Å². The number of amides is 4. The number of nitrogens with zero attached hydrogens (tertiary/aromatic N) is 4. The van der Waals surface area contributed by atoms with Crippen LogP contribution in [0.15, 0.2) is 121 Å². The van der Waals surface area contributed by atoms with Gasteiger partial charge in [-0.05, 0) is 66.7 Å². The second kappa shape index (κ2) is 12.1. The maximum Gasteiger partial charge on any atom is 0.335 e. The lowest BCUT2D eigenvalue weighted by atomic mass is 10.0. The Labute approximate surface area is 293 Å². The van der Waals surface area contributed by atoms with E-state index in [1.54, 1.807) is 54.6 Å². The molecule has 52 heavy (non-hydrogen) atoms. The van der Waals surface area contributed by atoms with Crippen molar-refractivity contribution >= 4 is 46.9 Å². The largest absolute Gasteiger partial charge is 0.478 e. The molecule has 12 nitrogen and oxygen atoms in total. The molecule has 0 unspecified atom stereocenters. The summed E-state index contributed by atoms with van der Waals surface area (Å²) in [5.74, 6) is -4.58. The highest BCUT2D eigenvalue weighted by Crippen LogP contribution is 2.35. The molecule has 0 aliphatic carbocycles. The molecule has 0 fully saturated rings. The third-order valence-electron chi connectivity index (χ3n) is 8.83. The van der Waals surface area contributed by atoms with E-state index in [9.17, 15) is 39.0 Å². The molecule has 0 atom stereocenters. The van der Waals surface area contributed by atoms with Crippen molar-refractivity contribution in [2.75, 3.05) is 9.80 Å². The Balaban J connectivity index is 1.19. The molecular weight excluding hydrogens is 664 g/mol. The van der Waals surface area contributed by atoms with Crippen LogP contribution in [0.3, 0.4) is 0 Å². The predicted octanol–water partition coefficient (Wildman–Crippen LogP) is 6.48. The van der Waals surface area contributed by atoms with Gasteiger partial charge in [0.15, 0.2) is 5.82 Å². The van der Waals surface area contributed by atoms with Crippen LogP contribution >= 0.6 is 0 Å². The minimum atomic E-state index is -1.22. The van der Waals surface area contributed by atoms with Crippen molar-refractivity contribution in [3.05, 3.63) is 155 Å². The SMILES string of the molecule is O=C(O)c1ccc2c(c1)C(=O)N(c1cccc(-c3cc(-c4cccc(N5C(=O)c6ccc(C(=O)O)cc6C5=O)c4)nc(-c4ccccc4)n3)c1)C2=O. The first-order valence-electron chi connectivity index (χ1n) is 15.8. The molecule has 2 aliphatic heterocycles. The van der Waals surface area contributed by atoms with Crippen LogP contribution in [-0.4, -0.2) is 55.7 Å². The number of hydrogen-bond donors (Lipinski definition) is 2. The fourth-order valence-corrected chi connectivity index (χ4v) is 6.28. The molecule has 12 heteroatoms. The lowest BCUT2D eigenvalue weighted by Gasteiger charge is -2.16. The molecule has 0 saturated heterocycles. The van der Waals surface area contributed by atoms with Crippen LogP contribution in [0.5, 0.6) is 0 Å². The average molecular weight is 687 g/mol. The maximum atomic E-state index is 13.4. The van der Waals surface area contributed by atoms with E-state index in [4.69, 9.17) is 9.97 Å². The smallest absolute Gasteiger partial charge is 0.335 e. The summed E-state index contributed by atoms with van der Waals surface area (Å²) >= 11 is 0. The van der Waals surface area contributed by atoms with Crippen LogP contribution in [0.25, 0.3) is 33.9 Å². The number of benzene rings is 5. The number of aromatic carboxylic acids is 2. The summed E-state index contributed by atoms with van der Waals surface area (Å²) in [6.45, 7) is 0. The van der Waals surface area contributed by atoms with Gasteiger partial charge in [-0.3, -0.25) is 19.2 Å². The highest BCUT2D eigenvalue weighted by atomic mass is 16.4. The second-order valence-electron chi connectivity index (χ2n) is 12.0. The van der Waals surface area contributed by atoms with Gasteiger partial charge in [-0.2, -0.15) is 0 Å². The number of carbonyl (C=O) groups excluding carboxylic acids is 4. The third kappa shape index (κ3) is 5.18. The molecule has 2 N–H and O–H groups in total.